The van der Waals surface area contributed by atoms with Gasteiger partial charge in [0.05, 0.1) is 10.6 Å². The first-order valence-corrected chi connectivity index (χ1v) is 11.5. The van der Waals surface area contributed by atoms with Gasteiger partial charge in [-0.15, -0.1) is 0 Å². The highest BCUT2D eigenvalue weighted by atomic mass is 35.5. The van der Waals surface area contributed by atoms with E-state index in [0.29, 0.717) is 28.4 Å². The minimum absolute atomic E-state index is 0.177. The minimum Gasteiger partial charge on any atom is -0.355 e. The van der Waals surface area contributed by atoms with E-state index in [1.165, 1.54) is 5.56 Å². The number of carbonyl (C=O) groups is 1. The number of hydrogen-bond acceptors (Lipinski definition) is 3. The van der Waals surface area contributed by atoms with E-state index in [9.17, 15) is 13.2 Å². The quantitative estimate of drug-likeness (QED) is 0.582. The van der Waals surface area contributed by atoms with Crippen LogP contribution in [0, 0.1) is 0 Å². The maximum Gasteiger partial charge on any atom is 0.265 e. The van der Waals surface area contributed by atoms with Gasteiger partial charge in [0.2, 0.25) is 5.91 Å². The molecule has 0 fully saturated rings. The standard InChI is InChI=1S/C23H21ClN2O3S/c24-18-12-13-21-20(15-18)19-10-4-5-11-22(19)30(28,29)26(21)16-23(27)25-14-6-9-17-7-2-1-3-8-17/h1-5,7-8,10-13,15H,6,9,14,16H2,(H,25,27). The smallest absolute Gasteiger partial charge is 0.265 e. The molecule has 0 aromatic heterocycles. The highest BCUT2D eigenvalue weighted by Crippen LogP contribution is 2.43. The zero-order valence-corrected chi connectivity index (χ0v) is 17.8. The monoisotopic (exact) mass is 440 g/mol. The minimum atomic E-state index is -3.85. The lowest BCUT2D eigenvalue weighted by atomic mass is 10.0. The van der Waals surface area contributed by atoms with Crippen molar-refractivity contribution in [1.82, 2.24) is 5.32 Å². The Balaban J connectivity index is 1.50. The van der Waals surface area contributed by atoms with Crippen molar-refractivity contribution in [2.24, 2.45) is 0 Å². The molecule has 3 aromatic carbocycles. The molecular formula is C23H21ClN2O3S. The number of fused-ring (bicyclic) bond motifs is 3. The molecule has 0 unspecified atom stereocenters. The first kappa shape index (κ1) is 20.4. The van der Waals surface area contributed by atoms with Gasteiger partial charge in [0, 0.05) is 22.7 Å². The van der Waals surface area contributed by atoms with Crippen LogP contribution in [-0.2, 0) is 21.2 Å². The molecule has 0 saturated carbocycles. The summed E-state index contributed by atoms with van der Waals surface area (Å²) < 4.78 is 27.6. The summed E-state index contributed by atoms with van der Waals surface area (Å²) in [5.41, 5.74) is 2.95. The second kappa shape index (κ2) is 8.50. The summed E-state index contributed by atoms with van der Waals surface area (Å²) in [4.78, 5) is 12.7. The second-order valence-corrected chi connectivity index (χ2v) is 9.38. The average Bonchev–Trinajstić information content (AvgIpc) is 2.75. The number of carbonyl (C=O) groups excluding carboxylic acids is 1. The molecule has 154 valence electrons. The lowest BCUT2D eigenvalue weighted by molar-refractivity contribution is -0.119. The molecule has 0 atom stereocenters. The Hall–Kier alpha value is -2.83. The van der Waals surface area contributed by atoms with E-state index in [1.807, 2.05) is 30.3 Å². The van der Waals surface area contributed by atoms with Crippen molar-refractivity contribution in [2.75, 3.05) is 17.4 Å². The molecule has 1 aliphatic heterocycles. The number of anilines is 1. The van der Waals surface area contributed by atoms with Crippen LogP contribution in [-0.4, -0.2) is 27.4 Å². The number of nitrogens with one attached hydrogen (secondary N) is 1. The third kappa shape index (κ3) is 4.06. The Morgan fingerprint density at radius 1 is 0.933 bits per heavy atom. The van der Waals surface area contributed by atoms with Crippen LogP contribution in [0.1, 0.15) is 12.0 Å². The molecule has 1 N–H and O–H groups in total. The summed E-state index contributed by atoms with van der Waals surface area (Å²) in [6.07, 6.45) is 1.62. The molecule has 0 spiro atoms. The van der Waals surface area contributed by atoms with Crippen molar-refractivity contribution in [3.05, 3.63) is 83.4 Å². The Morgan fingerprint density at radius 2 is 1.67 bits per heavy atom. The molecule has 0 saturated heterocycles. The van der Waals surface area contributed by atoms with Gasteiger partial charge >= 0.3 is 0 Å². The number of aryl methyl sites for hydroxylation is 1. The number of benzene rings is 3. The van der Waals surface area contributed by atoms with Crippen molar-refractivity contribution in [1.29, 1.82) is 0 Å². The van der Waals surface area contributed by atoms with Crippen LogP contribution in [0.15, 0.2) is 77.7 Å². The van der Waals surface area contributed by atoms with Crippen molar-refractivity contribution in [3.63, 3.8) is 0 Å². The number of amides is 1. The molecule has 30 heavy (non-hydrogen) atoms. The summed E-state index contributed by atoms with van der Waals surface area (Å²) in [6.45, 7) is 0.197. The van der Waals surface area contributed by atoms with Crippen molar-refractivity contribution >= 4 is 33.2 Å². The third-order valence-electron chi connectivity index (χ3n) is 5.07. The zero-order valence-electron chi connectivity index (χ0n) is 16.2. The van der Waals surface area contributed by atoms with E-state index >= 15 is 0 Å². The van der Waals surface area contributed by atoms with Crippen molar-refractivity contribution in [3.8, 4) is 11.1 Å². The number of rotatable bonds is 6. The van der Waals surface area contributed by atoms with Gasteiger partial charge in [0.25, 0.3) is 10.0 Å². The predicted molar refractivity (Wildman–Crippen MR) is 119 cm³/mol. The van der Waals surface area contributed by atoms with E-state index in [0.717, 1.165) is 17.1 Å². The summed E-state index contributed by atoms with van der Waals surface area (Å²) in [5.74, 6) is -0.341. The molecule has 0 bridgehead atoms. The molecule has 0 radical (unpaired) electrons. The Morgan fingerprint density at radius 3 is 2.47 bits per heavy atom. The molecule has 7 heteroatoms. The van der Waals surface area contributed by atoms with Crippen LogP contribution < -0.4 is 9.62 Å². The summed E-state index contributed by atoms with van der Waals surface area (Å²) in [7, 11) is -3.85. The maximum atomic E-state index is 13.2. The first-order chi connectivity index (χ1) is 14.5. The molecule has 4 rings (SSSR count). The van der Waals surface area contributed by atoms with E-state index in [-0.39, 0.29) is 17.3 Å². The largest absolute Gasteiger partial charge is 0.355 e. The lowest BCUT2D eigenvalue weighted by Crippen LogP contribution is -2.42. The highest BCUT2D eigenvalue weighted by molar-refractivity contribution is 7.93. The summed E-state index contributed by atoms with van der Waals surface area (Å²) >= 11 is 6.16. The van der Waals surface area contributed by atoms with Crippen LogP contribution in [0.3, 0.4) is 0 Å². The fourth-order valence-corrected chi connectivity index (χ4v) is 5.45. The molecule has 1 amide bonds. The third-order valence-corrected chi connectivity index (χ3v) is 7.12. The van der Waals surface area contributed by atoms with Gasteiger partial charge in [-0.1, -0.05) is 60.1 Å². The van der Waals surface area contributed by atoms with Gasteiger partial charge in [0.1, 0.15) is 6.54 Å². The van der Waals surface area contributed by atoms with Gasteiger partial charge in [-0.05, 0) is 42.7 Å². The van der Waals surface area contributed by atoms with E-state index in [4.69, 9.17) is 11.6 Å². The molecule has 5 nitrogen and oxygen atoms in total. The lowest BCUT2D eigenvalue weighted by Gasteiger charge is -2.31. The predicted octanol–water partition coefficient (Wildman–Crippen LogP) is 4.26. The SMILES string of the molecule is O=C(CN1c2ccc(Cl)cc2-c2ccccc2S1(=O)=O)NCCCc1ccccc1. The second-order valence-electron chi connectivity index (χ2n) is 7.11. The van der Waals surface area contributed by atoms with Crippen LogP contribution in [0.4, 0.5) is 5.69 Å². The topological polar surface area (TPSA) is 66.5 Å². The highest BCUT2D eigenvalue weighted by Gasteiger charge is 2.35. The van der Waals surface area contributed by atoms with Crippen LogP contribution >= 0.6 is 11.6 Å². The molecule has 0 aliphatic carbocycles. The fourth-order valence-electron chi connectivity index (χ4n) is 3.63. The van der Waals surface area contributed by atoms with Crippen molar-refractivity contribution < 1.29 is 13.2 Å². The van der Waals surface area contributed by atoms with Gasteiger partial charge in [-0.25, -0.2) is 8.42 Å². The van der Waals surface area contributed by atoms with Crippen LogP contribution in [0.25, 0.3) is 11.1 Å². The Labute approximate surface area is 181 Å². The van der Waals surface area contributed by atoms with Gasteiger partial charge in [0.15, 0.2) is 0 Å². The first-order valence-electron chi connectivity index (χ1n) is 9.69. The van der Waals surface area contributed by atoms with Crippen molar-refractivity contribution in [2.45, 2.75) is 17.7 Å². The molecule has 3 aromatic rings. The van der Waals surface area contributed by atoms with E-state index in [2.05, 4.69) is 5.32 Å². The molecular weight excluding hydrogens is 420 g/mol. The number of halogens is 1. The maximum absolute atomic E-state index is 13.2. The Kier molecular flexibility index (Phi) is 5.79. The average molecular weight is 441 g/mol. The van der Waals surface area contributed by atoms with Gasteiger partial charge in [-0.2, -0.15) is 0 Å². The summed E-state index contributed by atoms with van der Waals surface area (Å²) in [5, 5.41) is 3.34. The zero-order chi connectivity index (χ0) is 21.1. The van der Waals surface area contributed by atoms with E-state index in [1.54, 1.807) is 42.5 Å². The van der Waals surface area contributed by atoms with E-state index < -0.39 is 10.0 Å². The Bertz CT molecular complexity index is 1180. The fraction of sp³-hybridized carbons (Fsp3) is 0.174. The van der Waals surface area contributed by atoms with Gasteiger partial charge < -0.3 is 5.32 Å². The number of nitrogens with zero attached hydrogens (tertiary/aromatic N) is 1. The van der Waals surface area contributed by atoms with Crippen LogP contribution in [0.2, 0.25) is 5.02 Å². The summed E-state index contributed by atoms with van der Waals surface area (Å²) in [6, 6.07) is 21.8. The molecule has 1 aliphatic rings. The normalized spacial score (nSPS) is 14.0. The number of sulfonamides is 1. The number of hydrogen-bond donors (Lipinski definition) is 1. The molecule has 1 heterocycles. The van der Waals surface area contributed by atoms with Crippen LogP contribution in [0.5, 0.6) is 0 Å². The van der Waals surface area contributed by atoms with Gasteiger partial charge in [-0.3, -0.25) is 9.10 Å².